The second kappa shape index (κ2) is 7.75. The fourth-order valence-electron chi connectivity index (χ4n) is 2.38. The van der Waals surface area contributed by atoms with Gasteiger partial charge in [-0.05, 0) is 41.8 Å². The molecule has 0 radical (unpaired) electrons. The number of rotatable bonds is 6. The van der Waals surface area contributed by atoms with Crippen molar-refractivity contribution in [1.29, 1.82) is 0 Å². The third-order valence-electron chi connectivity index (χ3n) is 3.62. The van der Waals surface area contributed by atoms with E-state index in [9.17, 15) is 4.79 Å². The summed E-state index contributed by atoms with van der Waals surface area (Å²) in [5.74, 6) is -0.0793. The predicted molar refractivity (Wildman–Crippen MR) is 93.1 cm³/mol. The largest absolute Gasteiger partial charge is 0.352 e. The Morgan fingerprint density at radius 1 is 1.12 bits per heavy atom. The van der Waals surface area contributed by atoms with Crippen molar-refractivity contribution in [2.75, 3.05) is 6.54 Å². The number of aromatic nitrogens is 3. The Balaban J connectivity index is 1.51. The molecule has 0 aliphatic rings. The number of halogens is 1. The normalized spacial score (nSPS) is 10.5. The first-order valence-electron chi connectivity index (χ1n) is 7.65. The highest BCUT2D eigenvalue weighted by Crippen LogP contribution is 2.11. The third-order valence-corrected chi connectivity index (χ3v) is 3.85. The summed E-state index contributed by atoms with van der Waals surface area (Å²) >= 11 is 5.95. The van der Waals surface area contributed by atoms with Crippen molar-refractivity contribution in [2.24, 2.45) is 0 Å². The van der Waals surface area contributed by atoms with E-state index in [4.69, 9.17) is 11.6 Å². The van der Waals surface area contributed by atoms with E-state index in [2.05, 4.69) is 15.4 Å². The van der Waals surface area contributed by atoms with Crippen LogP contribution in [0.25, 0.3) is 0 Å². The van der Waals surface area contributed by atoms with Gasteiger partial charge in [0.15, 0.2) is 0 Å². The van der Waals surface area contributed by atoms with E-state index in [0.717, 1.165) is 17.5 Å². The summed E-state index contributed by atoms with van der Waals surface area (Å²) in [5.41, 5.74) is 2.81. The minimum atomic E-state index is -0.0793. The Hall–Kier alpha value is -2.66. The standard InChI is InChI=1S/C18H17ClN4O/c19-17-3-1-2-14(10-17)8-9-21-18(24)16-6-4-15(5-7-16)11-23-13-20-12-22-23/h1-7,10,12-13H,8-9,11H2,(H,21,24). The van der Waals surface area contributed by atoms with Gasteiger partial charge in [-0.1, -0.05) is 35.9 Å². The van der Waals surface area contributed by atoms with Crippen molar-refractivity contribution in [1.82, 2.24) is 20.1 Å². The molecule has 5 nitrogen and oxygen atoms in total. The van der Waals surface area contributed by atoms with Gasteiger partial charge in [-0.2, -0.15) is 5.10 Å². The molecule has 24 heavy (non-hydrogen) atoms. The number of benzene rings is 2. The summed E-state index contributed by atoms with van der Waals surface area (Å²) < 4.78 is 1.74. The Kier molecular flexibility index (Phi) is 5.23. The summed E-state index contributed by atoms with van der Waals surface area (Å²) in [7, 11) is 0. The van der Waals surface area contributed by atoms with Crippen LogP contribution in [0, 0.1) is 0 Å². The maximum Gasteiger partial charge on any atom is 0.251 e. The lowest BCUT2D eigenvalue weighted by Gasteiger charge is -2.07. The smallest absolute Gasteiger partial charge is 0.251 e. The first-order chi connectivity index (χ1) is 11.7. The molecular weight excluding hydrogens is 324 g/mol. The molecule has 0 saturated carbocycles. The first kappa shape index (κ1) is 16.2. The van der Waals surface area contributed by atoms with E-state index < -0.39 is 0 Å². The van der Waals surface area contributed by atoms with Crippen LogP contribution >= 0.6 is 11.6 Å². The molecule has 122 valence electrons. The number of carbonyl (C=O) groups excluding carboxylic acids is 1. The van der Waals surface area contributed by atoms with Gasteiger partial charge in [-0.15, -0.1) is 0 Å². The molecular formula is C18H17ClN4O. The van der Waals surface area contributed by atoms with E-state index in [-0.39, 0.29) is 5.91 Å². The van der Waals surface area contributed by atoms with Gasteiger partial charge in [0.2, 0.25) is 0 Å². The molecule has 0 aliphatic carbocycles. The average molecular weight is 341 g/mol. The summed E-state index contributed by atoms with van der Waals surface area (Å²) in [6, 6.07) is 15.1. The zero-order chi connectivity index (χ0) is 16.8. The Bertz CT molecular complexity index is 800. The number of hydrogen-bond donors (Lipinski definition) is 1. The second-order valence-corrected chi connectivity index (χ2v) is 5.86. The van der Waals surface area contributed by atoms with Gasteiger partial charge < -0.3 is 5.32 Å². The van der Waals surface area contributed by atoms with Crippen molar-refractivity contribution in [3.63, 3.8) is 0 Å². The molecule has 1 aromatic heterocycles. The summed E-state index contributed by atoms with van der Waals surface area (Å²) in [4.78, 5) is 16.1. The topological polar surface area (TPSA) is 59.8 Å². The lowest BCUT2D eigenvalue weighted by atomic mass is 10.1. The fraction of sp³-hybridized carbons (Fsp3) is 0.167. The van der Waals surface area contributed by atoms with Crippen LogP contribution in [0.3, 0.4) is 0 Å². The highest BCUT2D eigenvalue weighted by Gasteiger charge is 2.05. The van der Waals surface area contributed by atoms with Crippen molar-refractivity contribution in [2.45, 2.75) is 13.0 Å². The Morgan fingerprint density at radius 3 is 2.67 bits per heavy atom. The minimum absolute atomic E-state index is 0.0793. The van der Waals surface area contributed by atoms with Crippen LogP contribution in [-0.2, 0) is 13.0 Å². The molecule has 1 amide bonds. The Labute approximate surface area is 145 Å². The molecule has 0 spiro atoms. The third kappa shape index (κ3) is 4.43. The highest BCUT2D eigenvalue weighted by molar-refractivity contribution is 6.30. The minimum Gasteiger partial charge on any atom is -0.352 e. The molecule has 0 unspecified atom stereocenters. The number of carbonyl (C=O) groups is 1. The molecule has 0 fully saturated rings. The van der Waals surface area contributed by atoms with E-state index >= 15 is 0 Å². The lowest BCUT2D eigenvalue weighted by Crippen LogP contribution is -2.25. The van der Waals surface area contributed by atoms with Crippen LogP contribution in [-0.4, -0.2) is 27.2 Å². The number of nitrogens with one attached hydrogen (secondary N) is 1. The van der Waals surface area contributed by atoms with Crippen LogP contribution < -0.4 is 5.32 Å². The van der Waals surface area contributed by atoms with Crippen molar-refractivity contribution in [3.8, 4) is 0 Å². The van der Waals surface area contributed by atoms with Crippen LogP contribution in [0.15, 0.2) is 61.2 Å². The maximum atomic E-state index is 12.2. The monoisotopic (exact) mass is 340 g/mol. The quantitative estimate of drug-likeness (QED) is 0.750. The molecule has 3 aromatic rings. The van der Waals surface area contributed by atoms with E-state index in [1.165, 1.54) is 6.33 Å². The van der Waals surface area contributed by atoms with Crippen LogP contribution in [0.4, 0.5) is 0 Å². The first-order valence-corrected chi connectivity index (χ1v) is 8.02. The number of nitrogens with zero attached hydrogens (tertiary/aromatic N) is 3. The van der Waals surface area contributed by atoms with Gasteiger partial charge in [0.05, 0.1) is 6.54 Å². The van der Waals surface area contributed by atoms with E-state index in [0.29, 0.717) is 23.7 Å². The van der Waals surface area contributed by atoms with Gasteiger partial charge in [0.1, 0.15) is 12.7 Å². The van der Waals surface area contributed by atoms with Crippen LogP contribution in [0.1, 0.15) is 21.5 Å². The molecule has 0 bridgehead atoms. The van der Waals surface area contributed by atoms with E-state index in [1.807, 2.05) is 48.5 Å². The molecule has 0 saturated heterocycles. The van der Waals surface area contributed by atoms with Gasteiger partial charge in [0.25, 0.3) is 5.91 Å². The number of hydrogen-bond acceptors (Lipinski definition) is 3. The predicted octanol–water partition coefficient (Wildman–Crippen LogP) is 2.95. The SMILES string of the molecule is O=C(NCCc1cccc(Cl)c1)c1ccc(Cn2cncn2)cc1. The van der Waals surface area contributed by atoms with Crippen molar-refractivity contribution >= 4 is 17.5 Å². The lowest BCUT2D eigenvalue weighted by molar-refractivity contribution is 0.0954. The molecule has 0 atom stereocenters. The number of amides is 1. The summed E-state index contributed by atoms with van der Waals surface area (Å²) in [6.45, 7) is 1.20. The Morgan fingerprint density at radius 2 is 1.96 bits per heavy atom. The van der Waals surface area contributed by atoms with Gasteiger partial charge in [-0.3, -0.25) is 4.79 Å². The van der Waals surface area contributed by atoms with E-state index in [1.54, 1.807) is 11.0 Å². The van der Waals surface area contributed by atoms with Gasteiger partial charge in [-0.25, -0.2) is 9.67 Å². The molecule has 1 heterocycles. The van der Waals surface area contributed by atoms with Gasteiger partial charge >= 0.3 is 0 Å². The van der Waals surface area contributed by atoms with Gasteiger partial charge in [0, 0.05) is 17.1 Å². The molecule has 6 heteroatoms. The average Bonchev–Trinajstić information content (AvgIpc) is 3.08. The molecule has 3 rings (SSSR count). The van der Waals surface area contributed by atoms with Crippen molar-refractivity contribution < 1.29 is 4.79 Å². The zero-order valence-electron chi connectivity index (χ0n) is 13.0. The van der Waals surface area contributed by atoms with Crippen LogP contribution in [0.5, 0.6) is 0 Å². The zero-order valence-corrected chi connectivity index (χ0v) is 13.8. The fourth-order valence-corrected chi connectivity index (χ4v) is 2.59. The maximum absolute atomic E-state index is 12.2. The van der Waals surface area contributed by atoms with Crippen LogP contribution in [0.2, 0.25) is 5.02 Å². The summed E-state index contributed by atoms with van der Waals surface area (Å²) in [6.07, 6.45) is 3.91. The molecule has 1 N–H and O–H groups in total. The molecule has 0 aliphatic heterocycles. The summed E-state index contributed by atoms with van der Waals surface area (Å²) in [5, 5.41) is 7.69. The second-order valence-electron chi connectivity index (χ2n) is 5.43. The molecule has 2 aromatic carbocycles. The highest BCUT2D eigenvalue weighted by atomic mass is 35.5. The van der Waals surface area contributed by atoms with Crippen molar-refractivity contribution in [3.05, 3.63) is 82.9 Å².